The smallest absolute Gasteiger partial charge is 0.130 e. The minimum absolute atomic E-state index is 0.295. The number of ether oxygens (including phenoxy) is 1. The van der Waals surface area contributed by atoms with Gasteiger partial charge in [0.25, 0.3) is 0 Å². The zero-order valence-electron chi connectivity index (χ0n) is 8.61. The van der Waals surface area contributed by atoms with Crippen molar-refractivity contribution in [1.29, 1.82) is 0 Å². The van der Waals surface area contributed by atoms with E-state index in [4.69, 9.17) is 22.1 Å². The number of anilines is 2. The fourth-order valence-corrected chi connectivity index (χ4v) is 1.85. The molecule has 82 valence electrons. The van der Waals surface area contributed by atoms with Gasteiger partial charge < -0.3 is 15.4 Å². The second kappa shape index (κ2) is 4.24. The molecule has 15 heavy (non-hydrogen) atoms. The van der Waals surface area contributed by atoms with Crippen molar-refractivity contribution in [3.8, 4) is 0 Å². The number of nitrogen functional groups attached to an aromatic ring is 1. The number of pyridine rings is 1. The SMILES string of the molecule is COC1CCN(c2cc(N)c(Cl)cn2)C1. The zero-order valence-corrected chi connectivity index (χ0v) is 9.37. The second-order valence-electron chi connectivity index (χ2n) is 3.66. The number of rotatable bonds is 2. The lowest BCUT2D eigenvalue weighted by atomic mass is 10.3. The number of nitrogens with zero attached hydrogens (tertiary/aromatic N) is 2. The van der Waals surface area contributed by atoms with Gasteiger partial charge in [-0.25, -0.2) is 4.98 Å². The summed E-state index contributed by atoms with van der Waals surface area (Å²) in [6.07, 6.45) is 2.91. The number of hydrogen-bond acceptors (Lipinski definition) is 4. The number of nitrogens with two attached hydrogens (primary N) is 1. The molecule has 0 aliphatic carbocycles. The molecule has 2 rings (SSSR count). The molecule has 0 spiro atoms. The van der Waals surface area contributed by atoms with Crippen molar-refractivity contribution in [3.05, 3.63) is 17.3 Å². The van der Waals surface area contributed by atoms with E-state index in [-0.39, 0.29) is 0 Å². The van der Waals surface area contributed by atoms with Crippen LogP contribution in [-0.2, 0) is 4.74 Å². The van der Waals surface area contributed by atoms with Crippen LogP contribution < -0.4 is 10.6 Å². The molecule has 1 aromatic rings. The number of aromatic nitrogens is 1. The third-order valence-corrected chi connectivity index (χ3v) is 2.99. The molecule has 1 aliphatic heterocycles. The predicted molar refractivity (Wildman–Crippen MR) is 61.3 cm³/mol. The molecule has 0 bridgehead atoms. The maximum absolute atomic E-state index is 5.81. The first-order chi connectivity index (χ1) is 7.20. The van der Waals surface area contributed by atoms with Crippen molar-refractivity contribution < 1.29 is 4.74 Å². The Labute approximate surface area is 94.0 Å². The lowest BCUT2D eigenvalue weighted by Crippen LogP contribution is -2.23. The van der Waals surface area contributed by atoms with Gasteiger partial charge in [-0.3, -0.25) is 0 Å². The highest BCUT2D eigenvalue weighted by atomic mass is 35.5. The maximum atomic E-state index is 5.81. The van der Waals surface area contributed by atoms with Gasteiger partial charge >= 0.3 is 0 Å². The van der Waals surface area contributed by atoms with Crippen LogP contribution in [0.1, 0.15) is 6.42 Å². The van der Waals surface area contributed by atoms with E-state index in [0.29, 0.717) is 16.8 Å². The van der Waals surface area contributed by atoms with Crippen molar-refractivity contribution in [2.75, 3.05) is 30.8 Å². The Morgan fingerprint density at radius 2 is 2.47 bits per heavy atom. The summed E-state index contributed by atoms with van der Waals surface area (Å²) in [5.74, 6) is 0.872. The Kier molecular flexibility index (Phi) is 2.98. The number of halogens is 1. The predicted octanol–water partition coefficient (Wildman–Crippen LogP) is 1.54. The van der Waals surface area contributed by atoms with Crippen LogP contribution in [-0.4, -0.2) is 31.3 Å². The van der Waals surface area contributed by atoms with Crippen LogP contribution in [0, 0.1) is 0 Å². The zero-order chi connectivity index (χ0) is 10.8. The van der Waals surface area contributed by atoms with Gasteiger partial charge in [0.05, 0.1) is 16.8 Å². The molecule has 0 amide bonds. The van der Waals surface area contributed by atoms with Crippen molar-refractivity contribution >= 4 is 23.1 Å². The Balaban J connectivity index is 2.13. The topological polar surface area (TPSA) is 51.4 Å². The van der Waals surface area contributed by atoms with Crippen LogP contribution in [0.2, 0.25) is 5.02 Å². The van der Waals surface area contributed by atoms with Crippen molar-refractivity contribution in [3.63, 3.8) is 0 Å². The summed E-state index contributed by atoms with van der Waals surface area (Å²) in [5, 5.41) is 0.501. The standard InChI is InChI=1S/C10H14ClN3O/c1-15-7-2-3-14(6-7)10-4-9(12)8(11)5-13-10/h4-5,7H,2-3,6H2,1H3,(H2,12,13). The van der Waals surface area contributed by atoms with Gasteiger partial charge in [0.1, 0.15) is 5.82 Å². The summed E-state index contributed by atoms with van der Waals surface area (Å²) in [4.78, 5) is 6.40. The fourth-order valence-electron chi connectivity index (χ4n) is 1.74. The molecule has 1 fully saturated rings. The quantitative estimate of drug-likeness (QED) is 0.833. The van der Waals surface area contributed by atoms with Crippen LogP contribution >= 0.6 is 11.6 Å². The van der Waals surface area contributed by atoms with Crippen LogP contribution in [0.15, 0.2) is 12.3 Å². The lowest BCUT2D eigenvalue weighted by molar-refractivity contribution is 0.121. The summed E-state index contributed by atoms with van der Waals surface area (Å²) in [6, 6.07) is 1.81. The summed E-state index contributed by atoms with van der Waals surface area (Å²) >= 11 is 5.81. The molecule has 1 saturated heterocycles. The first kappa shape index (κ1) is 10.5. The largest absolute Gasteiger partial charge is 0.397 e. The Morgan fingerprint density at radius 1 is 1.67 bits per heavy atom. The highest BCUT2D eigenvalue weighted by molar-refractivity contribution is 6.32. The Morgan fingerprint density at radius 3 is 3.07 bits per heavy atom. The monoisotopic (exact) mass is 227 g/mol. The maximum Gasteiger partial charge on any atom is 0.130 e. The molecule has 0 aromatic carbocycles. The van der Waals surface area contributed by atoms with Crippen LogP contribution in [0.4, 0.5) is 11.5 Å². The normalized spacial score (nSPS) is 20.9. The fraction of sp³-hybridized carbons (Fsp3) is 0.500. The van der Waals surface area contributed by atoms with E-state index in [9.17, 15) is 0 Å². The van der Waals surface area contributed by atoms with E-state index < -0.39 is 0 Å². The average Bonchev–Trinajstić information content (AvgIpc) is 2.70. The average molecular weight is 228 g/mol. The highest BCUT2D eigenvalue weighted by Crippen LogP contribution is 2.25. The third-order valence-electron chi connectivity index (χ3n) is 2.67. The van der Waals surface area contributed by atoms with E-state index in [1.807, 2.05) is 0 Å². The Hall–Kier alpha value is -1.00. The lowest BCUT2D eigenvalue weighted by Gasteiger charge is -2.17. The van der Waals surface area contributed by atoms with E-state index >= 15 is 0 Å². The first-order valence-electron chi connectivity index (χ1n) is 4.89. The van der Waals surface area contributed by atoms with Gasteiger partial charge in [0, 0.05) is 32.5 Å². The molecule has 0 radical (unpaired) electrons. The first-order valence-corrected chi connectivity index (χ1v) is 5.27. The van der Waals surface area contributed by atoms with E-state index in [0.717, 1.165) is 25.3 Å². The molecule has 5 heteroatoms. The molecule has 1 aromatic heterocycles. The molecule has 2 heterocycles. The second-order valence-corrected chi connectivity index (χ2v) is 4.06. The van der Waals surface area contributed by atoms with Gasteiger partial charge in [0.15, 0.2) is 0 Å². The van der Waals surface area contributed by atoms with Crippen LogP contribution in [0.3, 0.4) is 0 Å². The third kappa shape index (κ3) is 2.16. The molecule has 4 nitrogen and oxygen atoms in total. The van der Waals surface area contributed by atoms with Crippen LogP contribution in [0.5, 0.6) is 0 Å². The Bertz CT molecular complexity index is 359. The molecular weight excluding hydrogens is 214 g/mol. The summed E-state index contributed by atoms with van der Waals surface area (Å²) < 4.78 is 5.29. The summed E-state index contributed by atoms with van der Waals surface area (Å²) in [7, 11) is 1.73. The molecule has 0 saturated carbocycles. The van der Waals surface area contributed by atoms with Gasteiger partial charge in [-0.2, -0.15) is 0 Å². The molecular formula is C10H14ClN3O. The van der Waals surface area contributed by atoms with Crippen molar-refractivity contribution in [2.24, 2.45) is 0 Å². The minimum atomic E-state index is 0.295. The van der Waals surface area contributed by atoms with Crippen molar-refractivity contribution in [2.45, 2.75) is 12.5 Å². The summed E-state index contributed by atoms with van der Waals surface area (Å²) in [6.45, 7) is 1.82. The van der Waals surface area contributed by atoms with E-state index in [1.165, 1.54) is 0 Å². The van der Waals surface area contributed by atoms with Gasteiger partial charge in [-0.1, -0.05) is 11.6 Å². The van der Waals surface area contributed by atoms with E-state index in [2.05, 4.69) is 9.88 Å². The number of methoxy groups -OCH3 is 1. The van der Waals surface area contributed by atoms with Gasteiger partial charge in [-0.05, 0) is 6.42 Å². The highest BCUT2D eigenvalue weighted by Gasteiger charge is 2.23. The van der Waals surface area contributed by atoms with Gasteiger partial charge in [0.2, 0.25) is 0 Å². The van der Waals surface area contributed by atoms with E-state index in [1.54, 1.807) is 19.4 Å². The molecule has 1 unspecified atom stereocenters. The van der Waals surface area contributed by atoms with Crippen molar-refractivity contribution in [1.82, 2.24) is 4.98 Å². The summed E-state index contributed by atoms with van der Waals surface area (Å²) in [5.41, 5.74) is 6.30. The molecule has 2 N–H and O–H groups in total. The van der Waals surface area contributed by atoms with Crippen LogP contribution in [0.25, 0.3) is 0 Å². The van der Waals surface area contributed by atoms with Gasteiger partial charge in [-0.15, -0.1) is 0 Å². The minimum Gasteiger partial charge on any atom is -0.397 e. The number of hydrogen-bond donors (Lipinski definition) is 1. The molecule has 1 aliphatic rings. The molecule has 1 atom stereocenters.